The second-order valence-corrected chi connectivity index (χ2v) is 4.59. The van der Waals surface area contributed by atoms with E-state index in [9.17, 15) is 4.79 Å². The van der Waals surface area contributed by atoms with Crippen LogP contribution in [0.2, 0.25) is 0 Å². The van der Waals surface area contributed by atoms with Gasteiger partial charge in [-0.25, -0.2) is 9.78 Å². The second kappa shape index (κ2) is 5.40. The fourth-order valence-electron chi connectivity index (χ4n) is 1.97. The third kappa shape index (κ3) is 2.76. The van der Waals surface area contributed by atoms with Crippen LogP contribution in [0.15, 0.2) is 18.2 Å². The topological polar surface area (TPSA) is 53.4 Å². The number of ether oxygens (including phenoxy) is 2. The lowest BCUT2D eigenvalue weighted by Crippen LogP contribution is -2.19. The summed E-state index contributed by atoms with van der Waals surface area (Å²) in [5.74, 6) is 0.558. The van der Waals surface area contributed by atoms with Crippen LogP contribution in [0.3, 0.4) is 0 Å². The van der Waals surface area contributed by atoms with E-state index in [1.54, 1.807) is 26.2 Å². The Morgan fingerprint density at radius 3 is 2.89 bits per heavy atom. The molecule has 1 aromatic carbocycles. The molecule has 5 nitrogen and oxygen atoms in total. The average Bonchev–Trinajstić information content (AvgIpc) is 2.65. The number of carbonyl (C=O) groups is 1. The summed E-state index contributed by atoms with van der Waals surface area (Å²) in [5.41, 5.74) is 2.31. The number of nitrogens with zero attached hydrogens (tertiary/aromatic N) is 2. The summed E-state index contributed by atoms with van der Waals surface area (Å²) in [6.45, 7) is 4.11. The molecule has 0 saturated heterocycles. The summed E-state index contributed by atoms with van der Waals surface area (Å²) >= 11 is 0. The number of fused-ring (bicyclic) bond motifs is 1. The van der Waals surface area contributed by atoms with Crippen LogP contribution in [0, 0.1) is 6.92 Å². The van der Waals surface area contributed by atoms with Crippen molar-refractivity contribution in [2.45, 2.75) is 20.0 Å². The van der Waals surface area contributed by atoms with Gasteiger partial charge in [-0.05, 0) is 32.0 Å². The normalized spacial score (nSPS) is 12.6. The van der Waals surface area contributed by atoms with E-state index in [0.29, 0.717) is 12.2 Å². The zero-order chi connectivity index (χ0) is 14.0. The number of rotatable bonds is 4. The minimum atomic E-state index is -0.352. The lowest BCUT2D eigenvalue weighted by Gasteiger charge is -2.11. The monoisotopic (exact) mass is 262 g/mol. The Hall–Kier alpha value is -1.88. The largest absolute Gasteiger partial charge is 0.457 e. The number of carbonyl (C=O) groups excluding carboxylic acids is 1. The lowest BCUT2D eigenvalue weighted by atomic mass is 10.2. The third-order valence-electron chi connectivity index (χ3n) is 3.05. The van der Waals surface area contributed by atoms with E-state index in [0.717, 1.165) is 16.9 Å². The van der Waals surface area contributed by atoms with Crippen LogP contribution in [0.25, 0.3) is 11.0 Å². The molecule has 0 N–H and O–H groups in total. The lowest BCUT2D eigenvalue weighted by molar-refractivity contribution is 0.0120. The van der Waals surface area contributed by atoms with Gasteiger partial charge in [0.1, 0.15) is 11.9 Å². The number of methoxy groups -OCH3 is 1. The van der Waals surface area contributed by atoms with E-state index in [-0.39, 0.29) is 12.1 Å². The fourth-order valence-corrected chi connectivity index (χ4v) is 1.97. The molecular formula is C14H18N2O3. The Morgan fingerprint density at radius 1 is 1.47 bits per heavy atom. The molecule has 0 fully saturated rings. The van der Waals surface area contributed by atoms with E-state index in [1.807, 2.05) is 24.6 Å². The van der Waals surface area contributed by atoms with Gasteiger partial charge in [0.05, 0.1) is 23.2 Å². The standard InChI is InChI=1S/C14H18N2O3/c1-9(8-18-4)19-14(17)11-5-6-13-12(7-11)15-10(2)16(13)3/h5-7,9H,8H2,1-4H3/t9-/m1/s1. The molecule has 2 aromatic rings. The van der Waals surface area contributed by atoms with Crippen molar-refractivity contribution in [3.05, 3.63) is 29.6 Å². The van der Waals surface area contributed by atoms with Gasteiger partial charge in [0, 0.05) is 14.2 Å². The van der Waals surface area contributed by atoms with Crippen LogP contribution in [-0.2, 0) is 16.5 Å². The molecule has 0 amide bonds. The van der Waals surface area contributed by atoms with Crippen LogP contribution in [0.1, 0.15) is 23.1 Å². The highest BCUT2D eigenvalue weighted by Gasteiger charge is 2.14. The summed E-state index contributed by atoms with van der Waals surface area (Å²) in [7, 11) is 3.52. The van der Waals surface area contributed by atoms with Crippen LogP contribution >= 0.6 is 0 Å². The molecule has 2 rings (SSSR count). The molecule has 0 aliphatic rings. The molecule has 19 heavy (non-hydrogen) atoms. The number of aromatic nitrogens is 2. The molecule has 0 aliphatic heterocycles. The van der Waals surface area contributed by atoms with Crippen molar-refractivity contribution in [3.8, 4) is 0 Å². The fraction of sp³-hybridized carbons (Fsp3) is 0.429. The van der Waals surface area contributed by atoms with Crippen molar-refractivity contribution in [2.75, 3.05) is 13.7 Å². The Labute approximate surface area is 112 Å². The van der Waals surface area contributed by atoms with Crippen molar-refractivity contribution in [2.24, 2.45) is 7.05 Å². The highest BCUT2D eigenvalue weighted by Crippen LogP contribution is 2.17. The second-order valence-electron chi connectivity index (χ2n) is 4.59. The first-order valence-electron chi connectivity index (χ1n) is 6.16. The zero-order valence-corrected chi connectivity index (χ0v) is 11.6. The number of imidazole rings is 1. The molecular weight excluding hydrogens is 244 g/mol. The Balaban J connectivity index is 2.23. The summed E-state index contributed by atoms with van der Waals surface area (Å²) in [6, 6.07) is 5.39. The maximum atomic E-state index is 12.0. The number of hydrogen-bond acceptors (Lipinski definition) is 4. The Bertz CT molecular complexity index is 604. The maximum absolute atomic E-state index is 12.0. The van der Waals surface area contributed by atoms with E-state index in [2.05, 4.69) is 4.98 Å². The van der Waals surface area contributed by atoms with E-state index < -0.39 is 0 Å². The van der Waals surface area contributed by atoms with Gasteiger partial charge < -0.3 is 14.0 Å². The molecule has 0 radical (unpaired) electrons. The van der Waals surface area contributed by atoms with E-state index >= 15 is 0 Å². The molecule has 1 heterocycles. The van der Waals surface area contributed by atoms with Gasteiger partial charge >= 0.3 is 5.97 Å². The molecule has 102 valence electrons. The van der Waals surface area contributed by atoms with Gasteiger partial charge in [0.25, 0.3) is 0 Å². The minimum absolute atomic E-state index is 0.265. The van der Waals surface area contributed by atoms with Gasteiger partial charge in [-0.3, -0.25) is 0 Å². The molecule has 1 aromatic heterocycles. The van der Waals surface area contributed by atoms with Gasteiger partial charge in [-0.2, -0.15) is 0 Å². The first-order valence-corrected chi connectivity index (χ1v) is 6.16. The molecule has 0 aliphatic carbocycles. The predicted octanol–water partition coefficient (Wildman–Crippen LogP) is 2.07. The molecule has 1 atom stereocenters. The average molecular weight is 262 g/mol. The smallest absolute Gasteiger partial charge is 0.338 e. The van der Waals surface area contributed by atoms with Crippen LogP contribution in [0.4, 0.5) is 0 Å². The van der Waals surface area contributed by atoms with Crippen LogP contribution < -0.4 is 0 Å². The van der Waals surface area contributed by atoms with Crippen molar-refractivity contribution >= 4 is 17.0 Å². The summed E-state index contributed by atoms with van der Waals surface area (Å²) in [6.07, 6.45) is -0.265. The summed E-state index contributed by atoms with van der Waals surface area (Å²) < 4.78 is 12.2. The van der Waals surface area contributed by atoms with Gasteiger partial charge in [0.15, 0.2) is 0 Å². The minimum Gasteiger partial charge on any atom is -0.457 e. The molecule has 0 saturated carbocycles. The number of aryl methyl sites for hydroxylation is 2. The molecule has 0 spiro atoms. The Kier molecular flexibility index (Phi) is 3.85. The maximum Gasteiger partial charge on any atom is 0.338 e. The number of hydrogen-bond donors (Lipinski definition) is 0. The third-order valence-corrected chi connectivity index (χ3v) is 3.05. The highest BCUT2D eigenvalue weighted by molar-refractivity contribution is 5.93. The molecule has 5 heteroatoms. The van der Waals surface area contributed by atoms with Gasteiger partial charge in [0.2, 0.25) is 0 Å². The highest BCUT2D eigenvalue weighted by atomic mass is 16.6. The summed E-state index contributed by atoms with van der Waals surface area (Å²) in [4.78, 5) is 16.4. The van der Waals surface area contributed by atoms with Crippen molar-refractivity contribution in [3.63, 3.8) is 0 Å². The van der Waals surface area contributed by atoms with Crippen molar-refractivity contribution in [1.82, 2.24) is 9.55 Å². The van der Waals surface area contributed by atoms with E-state index in [1.165, 1.54) is 0 Å². The zero-order valence-electron chi connectivity index (χ0n) is 11.6. The van der Waals surface area contributed by atoms with Gasteiger partial charge in [-0.1, -0.05) is 0 Å². The number of benzene rings is 1. The van der Waals surface area contributed by atoms with Crippen molar-refractivity contribution in [1.29, 1.82) is 0 Å². The van der Waals surface area contributed by atoms with Gasteiger partial charge in [-0.15, -0.1) is 0 Å². The van der Waals surface area contributed by atoms with Crippen LogP contribution in [0.5, 0.6) is 0 Å². The number of esters is 1. The quantitative estimate of drug-likeness (QED) is 0.792. The molecule has 0 unspecified atom stereocenters. The van der Waals surface area contributed by atoms with Crippen molar-refractivity contribution < 1.29 is 14.3 Å². The first kappa shape index (κ1) is 13.5. The summed E-state index contributed by atoms with van der Waals surface area (Å²) in [5, 5.41) is 0. The molecule has 0 bridgehead atoms. The van der Waals surface area contributed by atoms with Crippen LogP contribution in [-0.4, -0.2) is 35.3 Å². The van der Waals surface area contributed by atoms with E-state index in [4.69, 9.17) is 9.47 Å². The SMILES string of the molecule is COC[C@@H](C)OC(=O)c1ccc2c(c1)nc(C)n2C. The predicted molar refractivity (Wildman–Crippen MR) is 72.2 cm³/mol. The Morgan fingerprint density at radius 2 is 2.21 bits per heavy atom. The first-order chi connectivity index (χ1) is 9.02.